The van der Waals surface area contributed by atoms with Crippen LogP contribution >= 0.6 is 0 Å². The molecule has 4 rings (SSSR count). The van der Waals surface area contributed by atoms with Crippen molar-refractivity contribution in [1.29, 1.82) is 0 Å². The number of benzene rings is 2. The van der Waals surface area contributed by atoms with E-state index in [0.29, 0.717) is 0 Å². The largest absolute Gasteiger partial charge is 0.282 e. The summed E-state index contributed by atoms with van der Waals surface area (Å²) in [4.78, 5) is 5.42. The predicted molar refractivity (Wildman–Crippen MR) is 94.9 cm³/mol. The Kier molecular flexibility index (Phi) is 4.45. The van der Waals surface area contributed by atoms with E-state index in [2.05, 4.69) is 70.5 Å². The van der Waals surface area contributed by atoms with Crippen LogP contribution in [0, 0.1) is 0 Å². The minimum atomic E-state index is 0.743. The van der Waals surface area contributed by atoms with Gasteiger partial charge in [-0.15, -0.1) is 0 Å². The molecule has 0 N–H and O–H groups in total. The summed E-state index contributed by atoms with van der Waals surface area (Å²) in [6.07, 6.45) is 5.52. The van der Waals surface area contributed by atoms with Gasteiger partial charge in [-0.05, 0) is 24.0 Å². The molecule has 0 aromatic heterocycles. The Morgan fingerprint density at radius 2 is 1.09 bits per heavy atom. The maximum absolute atomic E-state index is 2.71. The smallest absolute Gasteiger partial charge is 0.0519 e. The van der Waals surface area contributed by atoms with Gasteiger partial charge in [-0.1, -0.05) is 73.5 Å². The second kappa shape index (κ2) is 6.86. The molecule has 0 radical (unpaired) electrons. The Morgan fingerprint density at radius 1 is 0.652 bits per heavy atom. The molecule has 23 heavy (non-hydrogen) atoms. The quantitative estimate of drug-likeness (QED) is 0.832. The van der Waals surface area contributed by atoms with Gasteiger partial charge >= 0.3 is 0 Å². The van der Waals surface area contributed by atoms with Crippen LogP contribution in [0.2, 0.25) is 0 Å². The highest BCUT2D eigenvalue weighted by atomic mass is 15.4. The van der Waals surface area contributed by atoms with Crippen LogP contribution < -0.4 is 0 Å². The molecular weight excluding hydrogens is 280 g/mol. The maximum atomic E-state index is 2.71. The normalized spacial score (nSPS) is 25.4. The number of nitrogens with zero attached hydrogens (tertiary/aromatic N) is 2. The van der Waals surface area contributed by atoms with Gasteiger partial charge in [0.25, 0.3) is 0 Å². The molecule has 2 heteroatoms. The van der Waals surface area contributed by atoms with E-state index in [9.17, 15) is 0 Å². The van der Waals surface area contributed by atoms with Crippen molar-refractivity contribution in [3.05, 3.63) is 71.8 Å². The Balaban J connectivity index is 1.50. The molecule has 2 aliphatic rings. The van der Waals surface area contributed by atoms with Crippen molar-refractivity contribution < 1.29 is 0 Å². The Bertz CT molecular complexity index is 555. The van der Waals surface area contributed by atoms with Crippen molar-refractivity contribution in [3.63, 3.8) is 0 Å². The van der Waals surface area contributed by atoms with Gasteiger partial charge in [-0.25, -0.2) is 0 Å². The summed E-state index contributed by atoms with van der Waals surface area (Å²) in [6, 6.07) is 23.4. The molecule has 2 nitrogen and oxygen atoms in total. The number of hydrogen-bond acceptors (Lipinski definition) is 2. The van der Waals surface area contributed by atoms with Gasteiger partial charge in [-0.3, -0.25) is 9.80 Å². The highest BCUT2D eigenvalue weighted by molar-refractivity contribution is 5.17. The summed E-state index contributed by atoms with van der Waals surface area (Å²) < 4.78 is 0. The molecule has 1 aliphatic carbocycles. The first kappa shape index (κ1) is 14.9. The summed E-state index contributed by atoms with van der Waals surface area (Å²) in [5, 5.41) is 0. The SMILES string of the molecule is c1ccc(CN2CN(Cc3ccccc3)C3CCCCC32)cc1. The predicted octanol–water partition coefficient (Wildman–Crippen LogP) is 4.27. The fourth-order valence-electron chi connectivity index (χ4n) is 4.36. The van der Waals surface area contributed by atoms with Crippen LogP contribution in [0.25, 0.3) is 0 Å². The molecule has 2 aromatic carbocycles. The van der Waals surface area contributed by atoms with Gasteiger partial charge in [0.15, 0.2) is 0 Å². The lowest BCUT2D eigenvalue weighted by Crippen LogP contribution is -2.39. The van der Waals surface area contributed by atoms with Crippen LogP contribution in [0.5, 0.6) is 0 Å². The van der Waals surface area contributed by atoms with Gasteiger partial charge in [0, 0.05) is 25.2 Å². The van der Waals surface area contributed by atoms with Gasteiger partial charge in [0.2, 0.25) is 0 Å². The first-order chi connectivity index (χ1) is 11.4. The van der Waals surface area contributed by atoms with E-state index in [4.69, 9.17) is 0 Å². The van der Waals surface area contributed by atoms with Gasteiger partial charge in [0.05, 0.1) is 6.67 Å². The average molecular weight is 306 g/mol. The van der Waals surface area contributed by atoms with Crippen LogP contribution in [-0.4, -0.2) is 28.6 Å². The van der Waals surface area contributed by atoms with Gasteiger partial charge in [0.1, 0.15) is 0 Å². The third kappa shape index (κ3) is 3.34. The van der Waals surface area contributed by atoms with Crippen LogP contribution in [0.1, 0.15) is 36.8 Å². The average Bonchev–Trinajstić information content (AvgIpc) is 2.95. The molecule has 0 bridgehead atoms. The number of rotatable bonds is 4. The van der Waals surface area contributed by atoms with Gasteiger partial charge < -0.3 is 0 Å². The summed E-state index contributed by atoms with van der Waals surface area (Å²) in [6.45, 7) is 3.29. The lowest BCUT2D eigenvalue weighted by Gasteiger charge is -2.32. The minimum absolute atomic E-state index is 0.743. The second-order valence-electron chi connectivity index (χ2n) is 7.03. The first-order valence-corrected chi connectivity index (χ1v) is 8.96. The molecule has 1 saturated carbocycles. The van der Waals surface area contributed by atoms with E-state index < -0.39 is 0 Å². The highest BCUT2D eigenvalue weighted by Crippen LogP contribution is 2.34. The molecule has 1 aliphatic heterocycles. The van der Waals surface area contributed by atoms with Crippen molar-refractivity contribution in [2.75, 3.05) is 6.67 Å². The van der Waals surface area contributed by atoms with Crippen molar-refractivity contribution in [2.45, 2.75) is 50.9 Å². The Hall–Kier alpha value is -1.64. The standard InChI is InChI=1S/C21H26N2/c1-3-9-18(10-4-1)15-22-17-23(16-19-11-5-2-6-12-19)21-14-8-7-13-20(21)22/h1-6,9-12,20-21H,7-8,13-17H2. The first-order valence-electron chi connectivity index (χ1n) is 8.96. The molecule has 1 heterocycles. The van der Waals surface area contributed by atoms with Crippen LogP contribution in [-0.2, 0) is 13.1 Å². The summed E-state index contributed by atoms with van der Waals surface area (Å²) in [5.41, 5.74) is 2.89. The third-order valence-corrected chi connectivity index (χ3v) is 5.45. The van der Waals surface area contributed by atoms with Crippen LogP contribution in [0.15, 0.2) is 60.7 Å². The van der Waals surface area contributed by atoms with E-state index in [1.54, 1.807) is 0 Å². The molecule has 120 valence electrons. The van der Waals surface area contributed by atoms with Crippen molar-refractivity contribution in [3.8, 4) is 0 Å². The zero-order valence-corrected chi connectivity index (χ0v) is 13.8. The molecule has 2 fully saturated rings. The van der Waals surface area contributed by atoms with E-state index in [0.717, 1.165) is 31.8 Å². The molecule has 2 aromatic rings. The van der Waals surface area contributed by atoms with Crippen molar-refractivity contribution >= 4 is 0 Å². The molecule has 0 amide bonds. The molecule has 2 atom stereocenters. The fourth-order valence-corrected chi connectivity index (χ4v) is 4.36. The van der Waals surface area contributed by atoms with Crippen LogP contribution in [0.4, 0.5) is 0 Å². The maximum Gasteiger partial charge on any atom is 0.0519 e. The molecule has 0 spiro atoms. The Morgan fingerprint density at radius 3 is 1.52 bits per heavy atom. The molecule has 2 unspecified atom stereocenters. The van der Waals surface area contributed by atoms with E-state index in [1.165, 1.54) is 36.8 Å². The lowest BCUT2D eigenvalue weighted by molar-refractivity contribution is 0.197. The van der Waals surface area contributed by atoms with Crippen molar-refractivity contribution in [1.82, 2.24) is 9.80 Å². The third-order valence-electron chi connectivity index (χ3n) is 5.45. The number of fused-ring (bicyclic) bond motifs is 1. The Labute approximate surface area is 139 Å². The summed E-state index contributed by atoms with van der Waals surface area (Å²) in [5.74, 6) is 0. The van der Waals surface area contributed by atoms with Crippen molar-refractivity contribution in [2.24, 2.45) is 0 Å². The number of hydrogen-bond donors (Lipinski definition) is 0. The van der Waals surface area contributed by atoms with Gasteiger partial charge in [-0.2, -0.15) is 0 Å². The zero-order valence-electron chi connectivity index (χ0n) is 13.8. The lowest BCUT2D eigenvalue weighted by atomic mass is 9.90. The summed E-state index contributed by atoms with van der Waals surface area (Å²) >= 11 is 0. The van der Waals surface area contributed by atoms with Crippen LogP contribution in [0.3, 0.4) is 0 Å². The van der Waals surface area contributed by atoms with E-state index >= 15 is 0 Å². The zero-order chi connectivity index (χ0) is 15.5. The monoisotopic (exact) mass is 306 g/mol. The van der Waals surface area contributed by atoms with E-state index in [1.807, 2.05) is 0 Å². The fraction of sp³-hybridized carbons (Fsp3) is 0.429. The molecule has 1 saturated heterocycles. The summed E-state index contributed by atoms with van der Waals surface area (Å²) in [7, 11) is 0. The van der Waals surface area contributed by atoms with E-state index in [-0.39, 0.29) is 0 Å². The highest BCUT2D eigenvalue weighted by Gasteiger charge is 2.40. The minimum Gasteiger partial charge on any atom is -0.282 e. The second-order valence-corrected chi connectivity index (χ2v) is 7.03. The molecular formula is C21H26N2. The topological polar surface area (TPSA) is 6.48 Å².